The molecule has 0 fully saturated rings. The zero-order valence-corrected chi connectivity index (χ0v) is 13.7. The number of aromatic nitrogens is 1. The summed E-state index contributed by atoms with van der Waals surface area (Å²) in [6.07, 6.45) is -6.33. The van der Waals surface area contributed by atoms with Crippen LogP contribution in [0.15, 0.2) is 41.3 Å². The lowest BCUT2D eigenvalue weighted by molar-refractivity contribution is -0.137. The van der Waals surface area contributed by atoms with Gasteiger partial charge in [-0.15, -0.1) is 11.3 Å². The highest BCUT2D eigenvalue weighted by Gasteiger charge is 2.30. The fourth-order valence-corrected chi connectivity index (χ4v) is 2.56. The van der Waals surface area contributed by atoms with E-state index >= 15 is 0 Å². The smallest absolute Gasteiger partial charge is 0.416 e. The van der Waals surface area contributed by atoms with E-state index in [9.17, 15) is 26.7 Å². The molecule has 0 unspecified atom stereocenters. The monoisotopic (exact) mass is 377 g/mol. The van der Waals surface area contributed by atoms with Crippen molar-refractivity contribution in [1.82, 2.24) is 4.98 Å². The van der Waals surface area contributed by atoms with E-state index in [2.05, 4.69) is 4.98 Å². The third-order valence-corrected chi connectivity index (χ3v) is 4.10. The van der Waals surface area contributed by atoms with Crippen molar-refractivity contribution in [3.8, 4) is 10.6 Å². The van der Waals surface area contributed by atoms with E-state index in [0.717, 1.165) is 23.5 Å². The van der Waals surface area contributed by atoms with Crippen molar-refractivity contribution in [3.63, 3.8) is 0 Å². The molecule has 0 bridgehead atoms. The second kappa shape index (κ2) is 7.73. The molecule has 9 heteroatoms. The molecule has 2 aromatic rings. The summed E-state index contributed by atoms with van der Waals surface area (Å²) < 4.78 is 66.9. The summed E-state index contributed by atoms with van der Waals surface area (Å²) in [5.74, 6) is -0.776. The zero-order valence-electron chi connectivity index (χ0n) is 12.9. The van der Waals surface area contributed by atoms with Gasteiger partial charge >= 0.3 is 12.1 Å². The Bertz CT molecular complexity index is 777. The highest BCUT2D eigenvalue weighted by atomic mass is 32.1. The van der Waals surface area contributed by atoms with Gasteiger partial charge in [-0.1, -0.05) is 12.1 Å². The van der Waals surface area contributed by atoms with E-state index in [-0.39, 0.29) is 24.3 Å². The number of rotatable bonds is 5. The van der Waals surface area contributed by atoms with E-state index in [0.29, 0.717) is 10.6 Å². The molecule has 0 radical (unpaired) electrons. The van der Waals surface area contributed by atoms with E-state index in [1.165, 1.54) is 24.4 Å². The van der Waals surface area contributed by atoms with Gasteiger partial charge in [0.05, 0.1) is 12.2 Å². The minimum atomic E-state index is -4.43. The minimum Gasteiger partial charge on any atom is -0.461 e. The Labute approximate surface area is 143 Å². The van der Waals surface area contributed by atoms with Gasteiger partial charge in [0.25, 0.3) is 6.08 Å². The molecule has 0 amide bonds. The van der Waals surface area contributed by atoms with Gasteiger partial charge < -0.3 is 4.74 Å². The van der Waals surface area contributed by atoms with Crippen molar-refractivity contribution >= 4 is 17.3 Å². The molecule has 25 heavy (non-hydrogen) atoms. The Morgan fingerprint density at radius 1 is 1.20 bits per heavy atom. The lowest BCUT2D eigenvalue weighted by Gasteiger charge is -2.06. The Balaban J connectivity index is 2.02. The van der Waals surface area contributed by atoms with Crippen LogP contribution in [0.4, 0.5) is 22.0 Å². The molecular weight excluding hydrogens is 365 g/mol. The largest absolute Gasteiger partial charge is 0.461 e. The Kier molecular flexibility index (Phi) is 5.89. The van der Waals surface area contributed by atoms with Gasteiger partial charge in [-0.3, -0.25) is 0 Å². The average molecular weight is 377 g/mol. The van der Waals surface area contributed by atoms with Crippen molar-refractivity contribution < 1.29 is 31.5 Å². The van der Waals surface area contributed by atoms with Crippen LogP contribution in [0.3, 0.4) is 0 Å². The number of alkyl halides is 3. The van der Waals surface area contributed by atoms with E-state index in [4.69, 9.17) is 4.74 Å². The van der Waals surface area contributed by atoms with Crippen LogP contribution < -0.4 is 0 Å². The first-order valence-electron chi connectivity index (χ1n) is 6.99. The highest BCUT2D eigenvalue weighted by molar-refractivity contribution is 7.13. The van der Waals surface area contributed by atoms with Crippen molar-refractivity contribution in [2.75, 3.05) is 6.61 Å². The van der Waals surface area contributed by atoms with Crippen LogP contribution in [0.1, 0.15) is 29.4 Å². The molecule has 0 aliphatic heterocycles. The molecule has 134 valence electrons. The van der Waals surface area contributed by atoms with Gasteiger partial charge in [-0.2, -0.15) is 22.0 Å². The Morgan fingerprint density at radius 2 is 1.84 bits per heavy atom. The fourth-order valence-electron chi connectivity index (χ4n) is 1.77. The van der Waals surface area contributed by atoms with E-state index in [1.54, 1.807) is 0 Å². The molecular formula is C16H12F5NO2S. The standard InChI is InChI=1S/C16H12F5NO2S/c1-9(13(17)18)6-7-24-15(23)12-8-25-14(22-12)10-2-4-11(5-3-10)16(19,20)21/h2-5,8H,6-7H2,1H3. The first-order chi connectivity index (χ1) is 11.7. The van der Waals surface area contributed by atoms with Crippen LogP contribution in [-0.4, -0.2) is 17.6 Å². The minimum absolute atomic E-state index is 0.0257. The summed E-state index contributed by atoms with van der Waals surface area (Å²) >= 11 is 1.07. The van der Waals surface area contributed by atoms with Gasteiger partial charge in [0, 0.05) is 17.4 Å². The van der Waals surface area contributed by atoms with Crippen LogP contribution in [0, 0.1) is 0 Å². The first-order valence-corrected chi connectivity index (χ1v) is 7.87. The molecule has 1 heterocycles. The summed E-state index contributed by atoms with van der Waals surface area (Å²) in [6.45, 7) is 1.02. The summed E-state index contributed by atoms with van der Waals surface area (Å²) in [4.78, 5) is 15.8. The van der Waals surface area contributed by atoms with Gasteiger partial charge in [0.2, 0.25) is 0 Å². The summed E-state index contributed by atoms with van der Waals surface area (Å²) in [7, 11) is 0. The summed E-state index contributed by atoms with van der Waals surface area (Å²) in [6, 6.07) is 4.37. The fraction of sp³-hybridized carbons (Fsp3) is 0.250. The molecule has 2 rings (SSSR count). The Morgan fingerprint density at radius 3 is 2.40 bits per heavy atom. The highest BCUT2D eigenvalue weighted by Crippen LogP contribution is 2.31. The lowest BCUT2D eigenvalue weighted by Crippen LogP contribution is -2.07. The molecule has 0 saturated heterocycles. The van der Waals surface area contributed by atoms with Crippen molar-refractivity contribution in [2.24, 2.45) is 0 Å². The number of thiazole rings is 1. The predicted octanol–water partition coefficient (Wildman–Crippen LogP) is 5.55. The third kappa shape index (κ3) is 5.09. The normalized spacial score (nSPS) is 11.3. The van der Waals surface area contributed by atoms with Gasteiger partial charge in [-0.05, 0) is 24.6 Å². The summed E-state index contributed by atoms with van der Waals surface area (Å²) in [5.41, 5.74) is -0.551. The van der Waals surface area contributed by atoms with Crippen LogP contribution >= 0.6 is 11.3 Å². The molecule has 0 aliphatic rings. The Hall–Kier alpha value is -2.29. The molecule has 1 aromatic carbocycles. The maximum atomic E-state index is 12.5. The van der Waals surface area contributed by atoms with Crippen LogP contribution in [0.25, 0.3) is 10.6 Å². The lowest BCUT2D eigenvalue weighted by atomic mass is 10.1. The van der Waals surface area contributed by atoms with Gasteiger partial charge in [0.15, 0.2) is 5.69 Å². The van der Waals surface area contributed by atoms with Crippen LogP contribution in [0.2, 0.25) is 0 Å². The number of ether oxygens (including phenoxy) is 1. The second-order valence-electron chi connectivity index (χ2n) is 5.04. The molecule has 3 nitrogen and oxygen atoms in total. The SMILES string of the molecule is CC(CCOC(=O)c1csc(-c2ccc(C(F)(F)F)cc2)n1)=C(F)F. The number of hydrogen-bond donors (Lipinski definition) is 0. The number of nitrogens with zero attached hydrogens (tertiary/aromatic N) is 1. The topological polar surface area (TPSA) is 39.2 Å². The van der Waals surface area contributed by atoms with Gasteiger partial charge in [0.1, 0.15) is 5.01 Å². The summed E-state index contributed by atoms with van der Waals surface area (Å²) in [5, 5.41) is 1.75. The maximum Gasteiger partial charge on any atom is 0.416 e. The number of hydrogen-bond acceptors (Lipinski definition) is 4. The zero-order chi connectivity index (χ0) is 18.6. The molecule has 0 N–H and O–H groups in total. The second-order valence-corrected chi connectivity index (χ2v) is 5.90. The third-order valence-electron chi connectivity index (χ3n) is 3.21. The molecule has 1 aromatic heterocycles. The van der Waals surface area contributed by atoms with Crippen LogP contribution in [-0.2, 0) is 10.9 Å². The molecule has 0 aliphatic carbocycles. The van der Waals surface area contributed by atoms with E-state index in [1.807, 2.05) is 0 Å². The molecule has 0 saturated carbocycles. The van der Waals surface area contributed by atoms with Gasteiger partial charge in [-0.25, -0.2) is 9.78 Å². The first kappa shape index (κ1) is 19.0. The van der Waals surface area contributed by atoms with Crippen LogP contribution in [0.5, 0.6) is 0 Å². The maximum absolute atomic E-state index is 12.5. The number of esters is 1. The average Bonchev–Trinajstić information content (AvgIpc) is 3.04. The predicted molar refractivity (Wildman–Crippen MR) is 82.4 cm³/mol. The number of halogens is 5. The van der Waals surface area contributed by atoms with Crippen molar-refractivity contribution in [2.45, 2.75) is 19.5 Å². The quantitative estimate of drug-likeness (QED) is 0.507. The van der Waals surface area contributed by atoms with E-state index < -0.39 is 23.8 Å². The molecule has 0 spiro atoms. The number of benzene rings is 1. The molecule has 0 atom stereocenters. The number of carbonyl (C=O) groups is 1. The number of carbonyl (C=O) groups excluding carboxylic acids is 1. The van der Waals surface area contributed by atoms with Crippen molar-refractivity contribution in [1.29, 1.82) is 0 Å². The van der Waals surface area contributed by atoms with Crippen molar-refractivity contribution in [3.05, 3.63) is 52.6 Å².